The van der Waals surface area contributed by atoms with Gasteiger partial charge in [0.05, 0.1) is 29.3 Å². The summed E-state index contributed by atoms with van der Waals surface area (Å²) >= 11 is 12.8. The molecule has 4 aromatic heterocycles. The number of nitrogens with one attached hydrogen (secondary N) is 1. The first-order valence-corrected chi connectivity index (χ1v) is 12.5. The Morgan fingerprint density at radius 1 is 1.18 bits per heavy atom. The highest BCUT2D eigenvalue weighted by Gasteiger charge is 2.29. The Hall–Kier alpha value is -4.55. The van der Waals surface area contributed by atoms with Crippen molar-refractivity contribution in [2.75, 3.05) is 11.9 Å². The molecule has 14 heteroatoms. The Morgan fingerprint density at radius 3 is 2.74 bits per heavy atom. The standard InChI is InChI=1S/C25H19Cl2N9O3/c1-34(25(38)39)16-3-5-18(28-11-16)22-23(27)31-24(30-22)20-7-4-15-8-13(9-21(37)36(15)20)17-10-14(26)2-6-19(17)35-12-29-32-33-35/h2-3,5-6,8-12,20H,4,7H2,1H3,(H,30,31)(H,38,39)/t20-/m0/s1. The molecule has 1 atom stereocenters. The maximum atomic E-state index is 13.4. The summed E-state index contributed by atoms with van der Waals surface area (Å²) in [6.07, 6.45) is 3.11. The summed E-state index contributed by atoms with van der Waals surface area (Å²) in [5.41, 5.74) is 4.08. The maximum absolute atomic E-state index is 13.4. The van der Waals surface area contributed by atoms with E-state index >= 15 is 0 Å². The molecule has 0 bridgehead atoms. The number of tetrazole rings is 1. The number of hydrogen-bond acceptors (Lipinski definition) is 7. The Balaban J connectivity index is 1.35. The molecule has 39 heavy (non-hydrogen) atoms. The van der Waals surface area contributed by atoms with E-state index in [1.165, 1.54) is 24.3 Å². The number of fused-ring (bicyclic) bond motifs is 1. The molecule has 0 spiro atoms. The summed E-state index contributed by atoms with van der Waals surface area (Å²) in [6, 6.07) is 11.8. The van der Waals surface area contributed by atoms with Crippen molar-refractivity contribution in [3.05, 3.63) is 87.0 Å². The van der Waals surface area contributed by atoms with E-state index in [0.717, 1.165) is 16.2 Å². The van der Waals surface area contributed by atoms with Crippen LogP contribution in [-0.4, -0.2) is 58.0 Å². The lowest BCUT2D eigenvalue weighted by Crippen LogP contribution is -2.24. The average Bonchev–Trinajstić information content (AvgIpc) is 3.68. The second kappa shape index (κ2) is 9.64. The first-order valence-electron chi connectivity index (χ1n) is 11.8. The smallest absolute Gasteiger partial charge is 0.411 e. The van der Waals surface area contributed by atoms with Crippen molar-refractivity contribution < 1.29 is 9.90 Å². The number of rotatable bonds is 5. The normalized spacial score (nSPS) is 14.4. The number of pyridine rings is 2. The van der Waals surface area contributed by atoms with E-state index in [1.54, 1.807) is 41.0 Å². The van der Waals surface area contributed by atoms with Crippen LogP contribution in [0, 0.1) is 0 Å². The van der Waals surface area contributed by atoms with Gasteiger partial charge in [0.25, 0.3) is 5.56 Å². The Bertz CT molecular complexity index is 1760. The number of imidazole rings is 1. The Labute approximate surface area is 230 Å². The molecule has 1 aliphatic heterocycles. The fourth-order valence-electron chi connectivity index (χ4n) is 4.75. The van der Waals surface area contributed by atoms with Gasteiger partial charge in [-0.1, -0.05) is 23.2 Å². The average molecular weight is 564 g/mol. The lowest BCUT2D eigenvalue weighted by atomic mass is 10.0. The fourth-order valence-corrected chi connectivity index (χ4v) is 5.16. The number of amides is 1. The van der Waals surface area contributed by atoms with Gasteiger partial charge in [0.1, 0.15) is 23.0 Å². The second-order valence-corrected chi connectivity index (χ2v) is 9.76. The Kier molecular flexibility index (Phi) is 6.12. The van der Waals surface area contributed by atoms with E-state index in [0.29, 0.717) is 52.0 Å². The van der Waals surface area contributed by atoms with E-state index in [1.807, 2.05) is 6.07 Å². The van der Waals surface area contributed by atoms with Crippen molar-refractivity contribution in [2.45, 2.75) is 18.9 Å². The molecular formula is C25H19Cl2N9O3. The van der Waals surface area contributed by atoms with E-state index in [2.05, 4.69) is 30.5 Å². The topological polar surface area (TPSA) is 148 Å². The molecule has 0 radical (unpaired) electrons. The van der Waals surface area contributed by atoms with E-state index in [9.17, 15) is 9.59 Å². The van der Waals surface area contributed by atoms with Gasteiger partial charge in [0.15, 0.2) is 0 Å². The van der Waals surface area contributed by atoms with E-state index < -0.39 is 6.09 Å². The van der Waals surface area contributed by atoms with Crippen LogP contribution >= 0.6 is 23.2 Å². The minimum absolute atomic E-state index is 0.194. The van der Waals surface area contributed by atoms with Crippen molar-refractivity contribution in [3.63, 3.8) is 0 Å². The lowest BCUT2D eigenvalue weighted by Gasteiger charge is -2.15. The number of nitrogens with zero attached hydrogens (tertiary/aromatic N) is 8. The molecule has 1 aliphatic rings. The van der Waals surface area contributed by atoms with Crippen LogP contribution in [0.5, 0.6) is 0 Å². The molecule has 0 aliphatic carbocycles. The second-order valence-electron chi connectivity index (χ2n) is 8.94. The molecule has 2 N–H and O–H groups in total. The number of carbonyl (C=O) groups is 1. The van der Waals surface area contributed by atoms with Crippen molar-refractivity contribution >= 4 is 35.0 Å². The molecule has 5 aromatic rings. The predicted molar refractivity (Wildman–Crippen MR) is 144 cm³/mol. The zero-order chi connectivity index (χ0) is 27.3. The number of hydrogen-bond donors (Lipinski definition) is 2. The van der Waals surface area contributed by atoms with Gasteiger partial charge in [0, 0.05) is 29.4 Å². The van der Waals surface area contributed by atoms with Crippen molar-refractivity contribution in [1.29, 1.82) is 0 Å². The number of aryl methyl sites for hydroxylation is 1. The van der Waals surface area contributed by atoms with Crippen LogP contribution in [0.15, 0.2) is 59.8 Å². The highest BCUT2D eigenvalue weighted by molar-refractivity contribution is 6.32. The number of aromatic amines is 1. The molecular weight excluding hydrogens is 545 g/mol. The number of carboxylic acid groups (broad SMARTS) is 1. The van der Waals surface area contributed by atoms with Crippen molar-refractivity contribution in [2.24, 2.45) is 0 Å². The number of benzene rings is 1. The van der Waals surface area contributed by atoms with Crippen molar-refractivity contribution in [3.8, 4) is 28.2 Å². The van der Waals surface area contributed by atoms with Crippen LogP contribution in [-0.2, 0) is 6.42 Å². The molecule has 0 saturated heterocycles. The zero-order valence-electron chi connectivity index (χ0n) is 20.3. The summed E-state index contributed by atoms with van der Waals surface area (Å²) in [4.78, 5) is 37.8. The van der Waals surface area contributed by atoms with Crippen LogP contribution in [0.25, 0.3) is 28.2 Å². The highest BCUT2D eigenvalue weighted by Crippen LogP contribution is 2.35. The summed E-state index contributed by atoms with van der Waals surface area (Å²) in [5.74, 6) is 0.536. The number of halogens is 2. The number of anilines is 1. The van der Waals surface area contributed by atoms with Crippen LogP contribution in [0.2, 0.25) is 10.2 Å². The first kappa shape index (κ1) is 24.8. The summed E-state index contributed by atoms with van der Waals surface area (Å²) in [6.45, 7) is 0. The third-order valence-corrected chi connectivity index (χ3v) is 7.17. The highest BCUT2D eigenvalue weighted by atomic mass is 35.5. The molecule has 0 saturated carbocycles. The van der Waals surface area contributed by atoms with Crippen LogP contribution in [0.3, 0.4) is 0 Å². The van der Waals surface area contributed by atoms with Crippen LogP contribution in [0.1, 0.15) is 24.0 Å². The van der Waals surface area contributed by atoms with Gasteiger partial charge < -0.3 is 14.7 Å². The van der Waals surface area contributed by atoms with Crippen LogP contribution in [0.4, 0.5) is 10.5 Å². The minimum atomic E-state index is -1.10. The molecule has 6 rings (SSSR count). The molecule has 5 heterocycles. The zero-order valence-corrected chi connectivity index (χ0v) is 21.8. The SMILES string of the molecule is CN(C(=O)O)c1ccc(-c2nc([C@@H]3CCc4cc(-c5cc(Cl)ccc5-n5cnnn5)cc(=O)n43)[nH]c2Cl)nc1. The summed E-state index contributed by atoms with van der Waals surface area (Å²) < 4.78 is 3.23. The van der Waals surface area contributed by atoms with E-state index in [-0.39, 0.29) is 16.8 Å². The van der Waals surface area contributed by atoms with Gasteiger partial charge in [0.2, 0.25) is 0 Å². The summed E-state index contributed by atoms with van der Waals surface area (Å²) in [7, 11) is 1.43. The third kappa shape index (κ3) is 4.43. The molecule has 1 aromatic carbocycles. The molecule has 12 nitrogen and oxygen atoms in total. The van der Waals surface area contributed by atoms with Gasteiger partial charge >= 0.3 is 6.09 Å². The van der Waals surface area contributed by atoms with Gasteiger partial charge in [-0.3, -0.25) is 14.7 Å². The molecule has 0 fully saturated rings. The number of aromatic nitrogens is 8. The minimum Gasteiger partial charge on any atom is -0.465 e. The number of H-pyrrole nitrogens is 1. The van der Waals surface area contributed by atoms with Crippen molar-refractivity contribution in [1.82, 2.24) is 39.7 Å². The maximum Gasteiger partial charge on any atom is 0.411 e. The monoisotopic (exact) mass is 563 g/mol. The predicted octanol–water partition coefficient (Wildman–Crippen LogP) is 4.23. The van der Waals surface area contributed by atoms with E-state index in [4.69, 9.17) is 28.3 Å². The molecule has 196 valence electrons. The van der Waals surface area contributed by atoms with Gasteiger partial charge in [-0.2, -0.15) is 4.68 Å². The largest absolute Gasteiger partial charge is 0.465 e. The van der Waals surface area contributed by atoms with Crippen LogP contribution < -0.4 is 10.5 Å². The molecule has 1 amide bonds. The quantitative estimate of drug-likeness (QED) is 0.322. The van der Waals surface area contributed by atoms with Gasteiger partial charge in [-0.05, 0) is 65.2 Å². The lowest BCUT2D eigenvalue weighted by molar-refractivity contribution is 0.203. The first-order chi connectivity index (χ1) is 18.8. The van der Waals surface area contributed by atoms with Gasteiger partial charge in [-0.25, -0.2) is 9.78 Å². The summed E-state index contributed by atoms with van der Waals surface area (Å²) in [5, 5.41) is 21.4. The third-order valence-electron chi connectivity index (χ3n) is 6.66. The van der Waals surface area contributed by atoms with Gasteiger partial charge in [-0.15, -0.1) is 5.10 Å². The molecule has 0 unspecified atom stereocenters. The Morgan fingerprint density at radius 2 is 2.03 bits per heavy atom. The fraction of sp³-hybridized carbons (Fsp3) is 0.160.